The number of hydrogen-bond donors (Lipinski definition) is 3. The molecule has 2 aliphatic rings. The Hall–Kier alpha value is -5.04. The van der Waals surface area contributed by atoms with Crippen molar-refractivity contribution in [2.75, 3.05) is 6.54 Å². The van der Waals surface area contributed by atoms with E-state index in [9.17, 15) is 48.6 Å². The predicted molar refractivity (Wildman–Crippen MR) is 199 cm³/mol. The Kier molecular flexibility index (Phi) is 16.4. The zero-order valence-electron chi connectivity index (χ0n) is 31.4. The zero-order valence-corrected chi connectivity index (χ0v) is 31.4. The summed E-state index contributed by atoms with van der Waals surface area (Å²) in [7, 11) is 0. The normalized spacial score (nSPS) is 18.8. The van der Waals surface area contributed by atoms with E-state index in [1.807, 2.05) is 30.3 Å². The average molecular weight is 761 g/mol. The fourth-order valence-corrected chi connectivity index (χ4v) is 7.74. The lowest BCUT2D eigenvalue weighted by Crippen LogP contribution is -2.47. The molecule has 3 unspecified atom stereocenters. The number of benzene rings is 2. The van der Waals surface area contributed by atoms with Gasteiger partial charge < -0.3 is 25.2 Å². The SMILES string of the molecule is CCCC(CC(=O)[C@@H]1C[C@@H](OCc2ccccc2)CN1C(=O)C(CC(=O)CC(=O)O)C1CCCCC1)C(=O)C(=O)CCC(=O)NC(C(=O)O)c1ccccc1. The molecule has 3 N–H and O–H groups in total. The third kappa shape index (κ3) is 12.8. The van der Waals surface area contributed by atoms with Crippen LogP contribution >= 0.6 is 0 Å². The third-order valence-corrected chi connectivity index (χ3v) is 10.6. The van der Waals surface area contributed by atoms with Crippen molar-refractivity contribution in [3.63, 3.8) is 0 Å². The van der Waals surface area contributed by atoms with E-state index >= 15 is 0 Å². The van der Waals surface area contributed by atoms with Gasteiger partial charge in [0.15, 0.2) is 17.6 Å². The van der Waals surface area contributed by atoms with E-state index in [1.54, 1.807) is 37.3 Å². The Morgan fingerprint density at radius 3 is 2.13 bits per heavy atom. The minimum absolute atomic E-state index is 0.0686. The first kappa shape index (κ1) is 42.7. The lowest BCUT2D eigenvalue weighted by Gasteiger charge is -2.34. The van der Waals surface area contributed by atoms with Crippen LogP contribution in [0.1, 0.15) is 108 Å². The van der Waals surface area contributed by atoms with E-state index in [4.69, 9.17) is 4.74 Å². The fraction of sp³-hybridized carbons (Fsp3) is 0.524. The number of carboxylic acid groups (broad SMARTS) is 2. The number of nitrogens with zero attached hydrogens (tertiary/aromatic N) is 1. The van der Waals surface area contributed by atoms with Crippen LogP contribution in [0.15, 0.2) is 60.7 Å². The highest BCUT2D eigenvalue weighted by Crippen LogP contribution is 2.36. The zero-order chi connectivity index (χ0) is 39.9. The molecule has 1 saturated carbocycles. The smallest absolute Gasteiger partial charge is 0.330 e. The number of carbonyl (C=O) groups is 8. The van der Waals surface area contributed by atoms with Gasteiger partial charge in [0.1, 0.15) is 12.2 Å². The first-order valence-corrected chi connectivity index (χ1v) is 19.2. The maximum Gasteiger partial charge on any atom is 0.330 e. The lowest BCUT2D eigenvalue weighted by atomic mass is 9.76. The number of carbonyl (C=O) groups excluding carboxylic acids is 6. The summed E-state index contributed by atoms with van der Waals surface area (Å²) in [6.07, 6.45) is 2.25. The summed E-state index contributed by atoms with van der Waals surface area (Å²) in [6, 6.07) is 15.1. The van der Waals surface area contributed by atoms with E-state index in [0.29, 0.717) is 24.8 Å². The van der Waals surface area contributed by atoms with Crippen molar-refractivity contribution in [1.82, 2.24) is 10.2 Å². The van der Waals surface area contributed by atoms with Crippen molar-refractivity contribution in [3.05, 3.63) is 71.8 Å². The van der Waals surface area contributed by atoms with E-state index in [0.717, 1.165) is 24.8 Å². The van der Waals surface area contributed by atoms with Crippen LogP contribution in [0.4, 0.5) is 0 Å². The Morgan fingerprint density at radius 1 is 0.855 bits per heavy atom. The van der Waals surface area contributed by atoms with Crippen molar-refractivity contribution in [2.45, 2.75) is 115 Å². The number of hydrogen-bond acceptors (Lipinski definition) is 9. The third-order valence-electron chi connectivity index (χ3n) is 10.6. The molecule has 0 radical (unpaired) electrons. The molecule has 296 valence electrons. The van der Waals surface area contributed by atoms with Gasteiger partial charge in [-0.15, -0.1) is 0 Å². The molecule has 1 aliphatic carbocycles. The van der Waals surface area contributed by atoms with Gasteiger partial charge in [-0.05, 0) is 36.3 Å². The molecule has 4 rings (SSSR count). The van der Waals surface area contributed by atoms with E-state index in [1.165, 1.54) is 4.90 Å². The molecule has 1 heterocycles. The summed E-state index contributed by atoms with van der Waals surface area (Å²) in [5, 5.41) is 21.3. The van der Waals surface area contributed by atoms with Gasteiger partial charge >= 0.3 is 11.9 Å². The van der Waals surface area contributed by atoms with Crippen LogP contribution in [0.5, 0.6) is 0 Å². The monoisotopic (exact) mass is 760 g/mol. The average Bonchev–Trinajstić information content (AvgIpc) is 3.62. The van der Waals surface area contributed by atoms with Gasteiger partial charge in [0.25, 0.3) is 0 Å². The van der Waals surface area contributed by atoms with Crippen LogP contribution in [0, 0.1) is 17.8 Å². The molecule has 13 heteroatoms. The van der Waals surface area contributed by atoms with Crippen molar-refractivity contribution in [1.29, 1.82) is 0 Å². The van der Waals surface area contributed by atoms with Crippen LogP contribution in [0.3, 0.4) is 0 Å². The van der Waals surface area contributed by atoms with Gasteiger partial charge in [0, 0.05) is 50.5 Å². The minimum atomic E-state index is -1.34. The molecule has 2 amide bonds. The highest BCUT2D eigenvalue weighted by molar-refractivity contribution is 6.38. The van der Waals surface area contributed by atoms with Gasteiger partial charge in [-0.25, -0.2) is 4.79 Å². The van der Waals surface area contributed by atoms with Gasteiger partial charge in [-0.3, -0.25) is 33.6 Å². The molecule has 2 aromatic carbocycles. The predicted octanol–water partition coefficient (Wildman–Crippen LogP) is 5.04. The Bertz CT molecular complexity index is 1670. The highest BCUT2D eigenvalue weighted by atomic mass is 16.5. The maximum atomic E-state index is 14.4. The second-order valence-corrected chi connectivity index (χ2v) is 14.7. The number of aliphatic carboxylic acids is 2. The molecule has 0 aromatic heterocycles. The first-order chi connectivity index (χ1) is 26.4. The summed E-state index contributed by atoms with van der Waals surface area (Å²) >= 11 is 0. The number of likely N-dealkylation sites (tertiary alicyclic amines) is 1. The standard InChI is InChI=1S/C42H52N2O11/c1-2-12-30(40(51)35(46)19-20-37(48)43-39(42(53)54)29-17-10-5-11-18-29)21-36(47)34-24-32(55-26-27-13-6-3-7-14-27)25-44(34)41(52)33(22-31(45)23-38(49)50)28-15-8-4-9-16-28/h3,5-7,10-11,13-14,17-18,28,30,32-34,39H,2,4,8-9,12,15-16,19-26H2,1H3,(H,43,48)(H,49,50)(H,53,54)/t30?,32-,33?,34+,39?/m1/s1. The van der Waals surface area contributed by atoms with Gasteiger partial charge in [-0.1, -0.05) is 93.3 Å². The second-order valence-electron chi connectivity index (χ2n) is 14.7. The summed E-state index contributed by atoms with van der Waals surface area (Å²) in [5.74, 6) is -8.31. The van der Waals surface area contributed by atoms with Gasteiger partial charge in [-0.2, -0.15) is 0 Å². The van der Waals surface area contributed by atoms with Crippen molar-refractivity contribution < 1.29 is 53.3 Å². The summed E-state index contributed by atoms with van der Waals surface area (Å²) in [6.45, 7) is 2.11. The molecular formula is C42H52N2O11. The van der Waals surface area contributed by atoms with Gasteiger partial charge in [0.2, 0.25) is 17.6 Å². The Morgan fingerprint density at radius 2 is 1.51 bits per heavy atom. The molecule has 2 aromatic rings. The van der Waals surface area contributed by atoms with Crippen molar-refractivity contribution in [2.24, 2.45) is 17.8 Å². The molecule has 0 bridgehead atoms. The molecular weight excluding hydrogens is 708 g/mol. The quantitative estimate of drug-likeness (QED) is 0.107. The van der Waals surface area contributed by atoms with Crippen LogP contribution in [-0.2, 0) is 49.7 Å². The summed E-state index contributed by atoms with van der Waals surface area (Å²) in [4.78, 5) is 105. The summed E-state index contributed by atoms with van der Waals surface area (Å²) in [5.41, 5.74) is 1.24. The lowest BCUT2D eigenvalue weighted by molar-refractivity contribution is -0.147. The molecule has 13 nitrogen and oxygen atoms in total. The second kappa shape index (κ2) is 21.2. The van der Waals surface area contributed by atoms with Crippen LogP contribution in [-0.4, -0.2) is 80.7 Å². The Balaban J connectivity index is 1.48. The van der Waals surface area contributed by atoms with E-state index in [-0.39, 0.29) is 44.8 Å². The topological polar surface area (TPSA) is 202 Å². The number of ketones is 4. The molecule has 1 aliphatic heterocycles. The van der Waals surface area contributed by atoms with E-state index in [2.05, 4.69) is 5.32 Å². The van der Waals surface area contributed by atoms with Crippen LogP contribution in [0.25, 0.3) is 0 Å². The van der Waals surface area contributed by atoms with E-state index < -0.39 is 96.2 Å². The number of nitrogens with one attached hydrogen (secondary N) is 1. The summed E-state index contributed by atoms with van der Waals surface area (Å²) < 4.78 is 6.19. The number of ether oxygens (including phenoxy) is 1. The highest BCUT2D eigenvalue weighted by Gasteiger charge is 2.45. The fourth-order valence-electron chi connectivity index (χ4n) is 7.74. The number of Topliss-reactive ketones (excluding diaryl/α,β-unsaturated/α-hetero) is 4. The molecule has 5 atom stereocenters. The molecule has 55 heavy (non-hydrogen) atoms. The molecule has 2 fully saturated rings. The van der Waals surface area contributed by atoms with Crippen LogP contribution < -0.4 is 5.32 Å². The maximum absolute atomic E-state index is 14.4. The number of carboxylic acids is 2. The number of amides is 2. The Labute approximate surface area is 321 Å². The van der Waals surface area contributed by atoms with Crippen LogP contribution in [0.2, 0.25) is 0 Å². The molecule has 0 spiro atoms. The number of rotatable bonds is 22. The first-order valence-electron chi connectivity index (χ1n) is 19.2. The molecule has 1 saturated heterocycles. The van der Waals surface area contributed by atoms with Gasteiger partial charge in [0.05, 0.1) is 18.8 Å². The minimum Gasteiger partial charge on any atom is -0.481 e. The largest absolute Gasteiger partial charge is 0.481 e. The van der Waals surface area contributed by atoms with Crippen molar-refractivity contribution in [3.8, 4) is 0 Å². The van der Waals surface area contributed by atoms with Crippen molar-refractivity contribution >= 4 is 46.9 Å².